The number of hydrogen-bond donors (Lipinski definition) is 0. The van der Waals surface area contributed by atoms with Crippen molar-refractivity contribution in [3.05, 3.63) is 69.9 Å². The minimum atomic E-state index is -0.820. The molecule has 0 atom stereocenters. The van der Waals surface area contributed by atoms with Gasteiger partial charge in [0.2, 0.25) is 16.9 Å². The van der Waals surface area contributed by atoms with E-state index >= 15 is 0 Å². The number of carbonyl (C=O) groups excluding carboxylic acids is 1. The normalized spacial score (nSPS) is 10.6. The van der Waals surface area contributed by atoms with Crippen LogP contribution in [0.3, 0.4) is 0 Å². The minimum Gasteiger partial charge on any atom is -0.493 e. The first-order valence-corrected chi connectivity index (χ1v) is 11.2. The van der Waals surface area contributed by atoms with Gasteiger partial charge in [-0.3, -0.25) is 4.79 Å². The Kier molecular flexibility index (Phi) is 7.24. The predicted octanol–water partition coefficient (Wildman–Crippen LogP) is 5.03. The maximum absolute atomic E-state index is 13.6. The van der Waals surface area contributed by atoms with Crippen LogP contribution in [0.15, 0.2) is 57.7 Å². The van der Waals surface area contributed by atoms with Crippen LogP contribution in [-0.4, -0.2) is 41.5 Å². The SMILES string of the molecule is COc1ccc(-c2oc3cc(C)ccc3c(=O)c2OC(=O)c2cc(OC)c(OC)c(OC)c2)cc1OC. The van der Waals surface area contributed by atoms with Gasteiger partial charge in [0.15, 0.2) is 28.8 Å². The van der Waals surface area contributed by atoms with Gasteiger partial charge in [-0.25, -0.2) is 4.79 Å². The van der Waals surface area contributed by atoms with Crippen LogP contribution < -0.4 is 33.8 Å². The molecule has 9 heteroatoms. The van der Waals surface area contributed by atoms with Crippen molar-refractivity contribution in [2.45, 2.75) is 6.92 Å². The molecule has 0 N–H and O–H groups in total. The second-order valence-electron chi connectivity index (χ2n) is 7.96. The Hall–Kier alpha value is -4.66. The smallest absolute Gasteiger partial charge is 0.344 e. The zero-order chi connectivity index (χ0) is 26.7. The van der Waals surface area contributed by atoms with E-state index in [0.717, 1.165) is 5.56 Å². The van der Waals surface area contributed by atoms with Gasteiger partial charge in [0, 0.05) is 5.56 Å². The second-order valence-corrected chi connectivity index (χ2v) is 7.96. The quantitative estimate of drug-likeness (QED) is 0.304. The highest BCUT2D eigenvalue weighted by molar-refractivity contribution is 5.94. The number of rotatable bonds is 8. The Morgan fingerprint density at radius 1 is 0.703 bits per heavy atom. The van der Waals surface area contributed by atoms with Gasteiger partial charge in [-0.05, 0) is 55.0 Å². The summed E-state index contributed by atoms with van der Waals surface area (Å²) in [7, 11) is 7.33. The fourth-order valence-electron chi connectivity index (χ4n) is 3.89. The molecular weight excluding hydrogens is 480 g/mol. The van der Waals surface area contributed by atoms with E-state index in [4.69, 9.17) is 32.8 Å². The van der Waals surface area contributed by atoms with Crippen LogP contribution in [0.2, 0.25) is 0 Å². The number of methoxy groups -OCH3 is 5. The Labute approximate surface area is 213 Å². The van der Waals surface area contributed by atoms with Gasteiger partial charge >= 0.3 is 5.97 Å². The van der Waals surface area contributed by atoms with Crippen molar-refractivity contribution in [1.82, 2.24) is 0 Å². The first-order chi connectivity index (χ1) is 17.8. The summed E-state index contributed by atoms with van der Waals surface area (Å²) in [5, 5.41) is 0.266. The highest BCUT2D eigenvalue weighted by atomic mass is 16.5. The zero-order valence-corrected chi connectivity index (χ0v) is 21.3. The highest BCUT2D eigenvalue weighted by Gasteiger charge is 2.24. The fourth-order valence-corrected chi connectivity index (χ4v) is 3.89. The summed E-state index contributed by atoms with van der Waals surface area (Å²) < 4.78 is 38.5. The molecule has 37 heavy (non-hydrogen) atoms. The van der Waals surface area contributed by atoms with E-state index in [1.54, 1.807) is 36.4 Å². The van der Waals surface area contributed by atoms with Gasteiger partial charge in [0.1, 0.15) is 5.58 Å². The molecule has 0 saturated carbocycles. The number of fused-ring (bicyclic) bond motifs is 1. The lowest BCUT2D eigenvalue weighted by atomic mass is 10.1. The summed E-state index contributed by atoms with van der Waals surface area (Å²) >= 11 is 0. The molecule has 0 spiro atoms. The lowest BCUT2D eigenvalue weighted by molar-refractivity contribution is 0.0730. The number of benzene rings is 3. The molecular formula is C28H26O9. The van der Waals surface area contributed by atoms with Gasteiger partial charge in [-0.2, -0.15) is 0 Å². The topological polar surface area (TPSA) is 103 Å². The van der Waals surface area contributed by atoms with Crippen molar-refractivity contribution in [3.63, 3.8) is 0 Å². The van der Waals surface area contributed by atoms with E-state index in [9.17, 15) is 9.59 Å². The summed E-state index contributed by atoms with van der Waals surface area (Å²) in [6, 6.07) is 13.0. The molecule has 3 aromatic carbocycles. The van der Waals surface area contributed by atoms with E-state index in [1.165, 1.54) is 47.7 Å². The van der Waals surface area contributed by atoms with Crippen LogP contribution in [0, 0.1) is 6.92 Å². The van der Waals surface area contributed by atoms with E-state index in [1.807, 2.05) is 6.92 Å². The van der Waals surface area contributed by atoms with Gasteiger partial charge in [0.05, 0.1) is 46.5 Å². The molecule has 0 saturated heterocycles. The standard InChI is InChI=1S/C28H26O9/c1-15-7-9-18-20(11-15)36-25(16-8-10-19(31-2)21(12-16)32-3)27(24(18)29)37-28(30)17-13-22(33-4)26(35-6)23(14-17)34-5/h7-14H,1-6H3. The Morgan fingerprint density at radius 2 is 1.35 bits per heavy atom. The predicted molar refractivity (Wildman–Crippen MR) is 137 cm³/mol. The summed E-state index contributed by atoms with van der Waals surface area (Å²) in [5.41, 5.74) is 1.27. The number of hydrogen-bond acceptors (Lipinski definition) is 9. The van der Waals surface area contributed by atoms with Crippen LogP contribution in [0.4, 0.5) is 0 Å². The van der Waals surface area contributed by atoms with Crippen molar-refractivity contribution in [3.8, 4) is 45.8 Å². The number of ether oxygens (including phenoxy) is 6. The summed E-state index contributed by atoms with van der Waals surface area (Å²) in [4.78, 5) is 26.9. The Balaban J connectivity index is 1.90. The molecule has 0 fully saturated rings. The average molecular weight is 507 g/mol. The molecule has 0 amide bonds. The lowest BCUT2D eigenvalue weighted by Crippen LogP contribution is -2.16. The average Bonchev–Trinajstić information content (AvgIpc) is 2.92. The number of esters is 1. The molecule has 0 aliphatic rings. The third-order valence-corrected chi connectivity index (χ3v) is 5.75. The molecule has 4 rings (SSSR count). The largest absolute Gasteiger partial charge is 0.493 e. The number of aryl methyl sites for hydroxylation is 1. The Morgan fingerprint density at radius 3 is 1.95 bits per heavy atom. The fraction of sp³-hybridized carbons (Fsp3) is 0.214. The van der Waals surface area contributed by atoms with Crippen LogP contribution in [0.25, 0.3) is 22.3 Å². The van der Waals surface area contributed by atoms with Crippen molar-refractivity contribution < 1.29 is 37.6 Å². The molecule has 192 valence electrons. The molecule has 0 aliphatic heterocycles. The summed E-state index contributed by atoms with van der Waals surface area (Å²) in [5.74, 6) is 0.694. The molecule has 4 aromatic rings. The monoisotopic (exact) mass is 506 g/mol. The van der Waals surface area contributed by atoms with Gasteiger partial charge in [0.25, 0.3) is 0 Å². The van der Waals surface area contributed by atoms with Gasteiger partial charge in [-0.15, -0.1) is 0 Å². The maximum atomic E-state index is 13.6. The molecule has 1 heterocycles. The highest BCUT2D eigenvalue weighted by Crippen LogP contribution is 2.40. The van der Waals surface area contributed by atoms with Crippen molar-refractivity contribution in [2.75, 3.05) is 35.5 Å². The summed E-state index contributed by atoms with van der Waals surface area (Å²) in [6.45, 7) is 1.88. The Bertz CT molecular complexity index is 1510. The van der Waals surface area contributed by atoms with Crippen LogP contribution in [0.1, 0.15) is 15.9 Å². The lowest BCUT2D eigenvalue weighted by Gasteiger charge is -2.15. The van der Waals surface area contributed by atoms with E-state index in [-0.39, 0.29) is 34.0 Å². The molecule has 9 nitrogen and oxygen atoms in total. The first kappa shape index (κ1) is 25.4. The van der Waals surface area contributed by atoms with Gasteiger partial charge < -0.3 is 32.8 Å². The van der Waals surface area contributed by atoms with Crippen molar-refractivity contribution >= 4 is 16.9 Å². The van der Waals surface area contributed by atoms with Crippen LogP contribution in [-0.2, 0) is 0 Å². The molecule has 0 unspecified atom stereocenters. The van der Waals surface area contributed by atoms with Crippen LogP contribution in [0.5, 0.6) is 34.5 Å². The first-order valence-electron chi connectivity index (χ1n) is 11.2. The van der Waals surface area contributed by atoms with E-state index < -0.39 is 11.4 Å². The molecule has 1 aromatic heterocycles. The molecule has 0 aliphatic carbocycles. The van der Waals surface area contributed by atoms with E-state index in [2.05, 4.69) is 0 Å². The summed E-state index contributed by atoms with van der Waals surface area (Å²) in [6.07, 6.45) is 0. The van der Waals surface area contributed by atoms with Gasteiger partial charge in [-0.1, -0.05) is 6.07 Å². The maximum Gasteiger partial charge on any atom is 0.344 e. The van der Waals surface area contributed by atoms with Crippen molar-refractivity contribution in [1.29, 1.82) is 0 Å². The second kappa shape index (κ2) is 10.5. The molecule has 0 radical (unpaired) electrons. The number of carbonyl (C=O) groups is 1. The van der Waals surface area contributed by atoms with Crippen LogP contribution >= 0.6 is 0 Å². The minimum absolute atomic E-state index is 0.0600. The molecule has 0 bridgehead atoms. The van der Waals surface area contributed by atoms with Crippen molar-refractivity contribution in [2.24, 2.45) is 0 Å². The zero-order valence-electron chi connectivity index (χ0n) is 21.3. The van der Waals surface area contributed by atoms with E-state index in [0.29, 0.717) is 28.4 Å². The third kappa shape index (κ3) is 4.75. The third-order valence-electron chi connectivity index (χ3n) is 5.75.